The molecule has 0 atom stereocenters. The van der Waals surface area contributed by atoms with Crippen LogP contribution in [0, 0.1) is 6.92 Å². The van der Waals surface area contributed by atoms with Gasteiger partial charge in [0.15, 0.2) is 0 Å². The van der Waals surface area contributed by atoms with Gasteiger partial charge in [0.25, 0.3) is 6.71 Å². The average Bonchev–Trinajstić information content (AvgIpc) is 3.49. The summed E-state index contributed by atoms with van der Waals surface area (Å²) in [4.78, 5) is 5.49. The van der Waals surface area contributed by atoms with Crippen LogP contribution in [0.2, 0.25) is 0 Å². The van der Waals surface area contributed by atoms with E-state index in [0.29, 0.717) is 0 Å². The molecular formula is C64H75BN2. The van der Waals surface area contributed by atoms with Gasteiger partial charge in [-0.15, -0.1) is 0 Å². The normalized spacial score (nSPS) is 19.7. The summed E-state index contributed by atoms with van der Waals surface area (Å²) in [5.74, 6) is 0. The quantitative estimate of drug-likeness (QED) is 0.160. The van der Waals surface area contributed by atoms with Crippen LogP contribution in [0.15, 0.2) is 97.1 Å². The molecule has 6 aromatic carbocycles. The Hall–Kier alpha value is -5.02. The number of hydrogen-bond donors (Lipinski definition) is 0. The summed E-state index contributed by atoms with van der Waals surface area (Å²) >= 11 is 0. The highest BCUT2D eigenvalue weighted by molar-refractivity contribution is 7.00. The topological polar surface area (TPSA) is 6.48 Å². The zero-order valence-corrected chi connectivity index (χ0v) is 44.0. The van der Waals surface area contributed by atoms with Crippen LogP contribution in [0.4, 0.5) is 34.1 Å². The molecule has 0 bridgehead atoms. The van der Waals surface area contributed by atoms with Crippen molar-refractivity contribution >= 4 is 57.2 Å². The van der Waals surface area contributed by atoms with Crippen LogP contribution in [0.25, 0.3) is 11.1 Å². The van der Waals surface area contributed by atoms with Gasteiger partial charge in [-0.05, 0) is 174 Å². The molecule has 3 aliphatic carbocycles. The second kappa shape index (κ2) is 13.8. The fraction of sp³-hybridized carbons (Fsp3) is 0.438. The van der Waals surface area contributed by atoms with Gasteiger partial charge in [0.2, 0.25) is 0 Å². The van der Waals surface area contributed by atoms with E-state index in [1.165, 1.54) is 137 Å². The number of benzene rings is 6. The molecule has 11 rings (SSSR count). The van der Waals surface area contributed by atoms with Gasteiger partial charge < -0.3 is 9.80 Å². The van der Waals surface area contributed by atoms with E-state index < -0.39 is 0 Å². The van der Waals surface area contributed by atoms with E-state index in [4.69, 9.17) is 0 Å². The lowest BCUT2D eigenvalue weighted by atomic mass is 9.32. The van der Waals surface area contributed by atoms with Crippen LogP contribution in [-0.2, 0) is 37.9 Å². The first-order valence-electron chi connectivity index (χ1n) is 25.6. The molecule has 6 aromatic rings. The second-order valence-corrected chi connectivity index (χ2v) is 26.9. The molecule has 2 nitrogen and oxygen atoms in total. The number of fused-ring (bicyclic) bond motifs is 9. The molecule has 0 saturated carbocycles. The highest BCUT2D eigenvalue weighted by Crippen LogP contribution is 2.57. The van der Waals surface area contributed by atoms with Crippen LogP contribution in [-0.4, -0.2) is 6.71 Å². The van der Waals surface area contributed by atoms with Crippen molar-refractivity contribution < 1.29 is 0 Å². The van der Waals surface area contributed by atoms with Gasteiger partial charge in [0.1, 0.15) is 0 Å². The molecule has 0 saturated heterocycles. The predicted octanol–water partition coefficient (Wildman–Crippen LogP) is 15.7. The van der Waals surface area contributed by atoms with Gasteiger partial charge in [0, 0.05) is 39.4 Å². The fourth-order valence-corrected chi connectivity index (χ4v) is 13.4. The molecule has 0 aromatic heterocycles. The SMILES string of the molecule is Cc1cc(C(C)(C)C)ccc1N1c2cc3c(cc2B2c4cc5c(cc4N(c4cccc6c4-c4ccccc4C6(C)C)c4cc(C(C)(C)C)cc1c42)C(C)(C)CCC5(C)C)C(C)(C)CCC3(C)C. The van der Waals surface area contributed by atoms with E-state index in [1.54, 1.807) is 0 Å². The van der Waals surface area contributed by atoms with E-state index in [0.717, 1.165) is 0 Å². The van der Waals surface area contributed by atoms with Crippen molar-refractivity contribution in [2.24, 2.45) is 0 Å². The number of hydrogen-bond acceptors (Lipinski definition) is 2. The first-order valence-corrected chi connectivity index (χ1v) is 25.6. The Morgan fingerprint density at radius 1 is 0.418 bits per heavy atom. The molecule has 0 radical (unpaired) electrons. The molecule has 0 unspecified atom stereocenters. The van der Waals surface area contributed by atoms with Gasteiger partial charge in [-0.25, -0.2) is 0 Å². The van der Waals surface area contributed by atoms with Crippen molar-refractivity contribution in [2.45, 2.75) is 181 Å². The molecule has 2 heterocycles. The third kappa shape index (κ3) is 6.34. The van der Waals surface area contributed by atoms with Crippen molar-refractivity contribution in [3.63, 3.8) is 0 Å². The number of anilines is 6. The summed E-state index contributed by atoms with van der Waals surface area (Å²) in [5.41, 5.74) is 27.9. The van der Waals surface area contributed by atoms with E-state index in [9.17, 15) is 0 Å². The van der Waals surface area contributed by atoms with Crippen LogP contribution in [0.1, 0.15) is 187 Å². The number of rotatable bonds is 2. The highest BCUT2D eigenvalue weighted by atomic mass is 15.2. The van der Waals surface area contributed by atoms with Crippen LogP contribution in [0.5, 0.6) is 0 Å². The van der Waals surface area contributed by atoms with E-state index >= 15 is 0 Å². The van der Waals surface area contributed by atoms with E-state index in [2.05, 4.69) is 225 Å². The molecule has 2 aliphatic heterocycles. The standard InChI is InChI=1S/C64H75BN2/c1-38-31-39(58(2,3)4)25-26-50(38)66-52-36-46-44(60(8,9)27-29-62(46,12)13)34-48(52)65-49-35-45-47(63(14,15)30-28-61(45,10)11)37-53(49)67(55-33-40(59(5,6)7)32-54(66)57(55)65)51-24-20-23-43-56(51)41-21-18-19-22-42(41)64(43,16)17/h18-26,31-37H,27-30H2,1-17H3. The molecule has 0 N–H and O–H groups in total. The van der Waals surface area contributed by atoms with Gasteiger partial charge in [-0.1, -0.05) is 171 Å². The minimum absolute atomic E-state index is 0.0446. The maximum Gasteiger partial charge on any atom is 0.252 e. The van der Waals surface area contributed by atoms with Gasteiger partial charge in [-0.3, -0.25) is 0 Å². The van der Waals surface area contributed by atoms with Crippen molar-refractivity contribution in [3.8, 4) is 11.1 Å². The van der Waals surface area contributed by atoms with Crippen LogP contribution < -0.4 is 26.2 Å². The molecule has 344 valence electrons. The van der Waals surface area contributed by atoms with Crippen LogP contribution in [0.3, 0.4) is 0 Å². The minimum Gasteiger partial charge on any atom is -0.311 e. The summed E-state index contributed by atoms with van der Waals surface area (Å²) < 4.78 is 0. The molecule has 5 aliphatic rings. The van der Waals surface area contributed by atoms with Crippen molar-refractivity contribution in [1.82, 2.24) is 0 Å². The summed E-state index contributed by atoms with van der Waals surface area (Å²) in [5, 5.41) is 0. The third-order valence-electron chi connectivity index (χ3n) is 18.0. The molecule has 0 amide bonds. The Bertz CT molecular complexity index is 3100. The molecule has 3 heteroatoms. The van der Waals surface area contributed by atoms with Gasteiger partial charge >= 0.3 is 0 Å². The first-order chi connectivity index (χ1) is 31.1. The predicted molar refractivity (Wildman–Crippen MR) is 291 cm³/mol. The van der Waals surface area contributed by atoms with Gasteiger partial charge in [0.05, 0.1) is 5.69 Å². The lowest BCUT2D eigenvalue weighted by molar-refractivity contribution is 0.332. The Morgan fingerprint density at radius 3 is 1.37 bits per heavy atom. The summed E-state index contributed by atoms with van der Waals surface area (Å²) in [6.45, 7) is 41.5. The van der Waals surface area contributed by atoms with Crippen molar-refractivity contribution in [2.75, 3.05) is 9.80 Å². The smallest absolute Gasteiger partial charge is 0.252 e. The lowest BCUT2D eigenvalue weighted by Gasteiger charge is -2.49. The lowest BCUT2D eigenvalue weighted by Crippen LogP contribution is -2.62. The zero-order valence-electron chi connectivity index (χ0n) is 44.0. The van der Waals surface area contributed by atoms with Crippen molar-refractivity contribution in [1.29, 1.82) is 0 Å². The Morgan fingerprint density at radius 2 is 0.881 bits per heavy atom. The maximum atomic E-state index is 2.76. The van der Waals surface area contributed by atoms with Crippen molar-refractivity contribution in [3.05, 3.63) is 147 Å². The fourth-order valence-electron chi connectivity index (χ4n) is 13.4. The maximum absolute atomic E-state index is 2.76. The summed E-state index contributed by atoms with van der Waals surface area (Å²) in [6, 6.07) is 39.8. The molecule has 67 heavy (non-hydrogen) atoms. The minimum atomic E-state index is -0.121. The molecule has 0 spiro atoms. The summed E-state index contributed by atoms with van der Waals surface area (Å²) in [6.07, 6.45) is 4.72. The Kier molecular flexibility index (Phi) is 9.18. The Labute approximate surface area is 404 Å². The zero-order chi connectivity index (χ0) is 47.9. The highest BCUT2D eigenvalue weighted by Gasteiger charge is 2.50. The van der Waals surface area contributed by atoms with Crippen LogP contribution >= 0.6 is 0 Å². The third-order valence-corrected chi connectivity index (χ3v) is 18.0. The van der Waals surface area contributed by atoms with E-state index in [-0.39, 0.29) is 44.6 Å². The number of aryl methyl sites for hydroxylation is 1. The largest absolute Gasteiger partial charge is 0.311 e. The molecule has 0 fully saturated rings. The van der Waals surface area contributed by atoms with Gasteiger partial charge in [-0.2, -0.15) is 0 Å². The Balaban J connectivity index is 1.33. The first kappa shape index (κ1) is 44.5. The monoisotopic (exact) mass is 883 g/mol. The number of nitrogens with zero attached hydrogens (tertiary/aromatic N) is 2. The van der Waals surface area contributed by atoms with E-state index in [1.807, 2.05) is 0 Å². The average molecular weight is 883 g/mol. The molecular weight excluding hydrogens is 808 g/mol. The summed E-state index contributed by atoms with van der Waals surface area (Å²) in [7, 11) is 0. The second-order valence-electron chi connectivity index (χ2n) is 26.9.